The minimum Gasteiger partial charge on any atom is -0.489 e. The van der Waals surface area contributed by atoms with Crippen LogP contribution in [0.5, 0.6) is 17.2 Å². The van der Waals surface area contributed by atoms with Crippen molar-refractivity contribution in [3.8, 4) is 17.2 Å². The predicted octanol–water partition coefficient (Wildman–Crippen LogP) is 13.1. The number of ketones is 1. The van der Waals surface area contributed by atoms with Crippen molar-refractivity contribution in [3.63, 3.8) is 0 Å². The molecule has 92 heavy (non-hydrogen) atoms. The first-order valence-electron chi connectivity index (χ1n) is 27.5. The predicted molar refractivity (Wildman–Crippen MR) is 343 cm³/mol. The van der Waals surface area contributed by atoms with Crippen LogP contribution in [0.1, 0.15) is 94.7 Å². The van der Waals surface area contributed by atoms with Crippen LogP contribution in [0.4, 0.5) is 30.2 Å². The maximum atomic E-state index is 12.8. The average molecular weight is 1430 g/mol. The molecule has 500 valence electrons. The lowest BCUT2D eigenvalue weighted by atomic mass is 10.0. The summed E-state index contributed by atoms with van der Waals surface area (Å²) in [6.45, 7) is 10.1. The third-order valence-electron chi connectivity index (χ3n) is 13.3. The molecule has 0 spiro atoms. The fourth-order valence-electron chi connectivity index (χ4n) is 8.66. The number of nitro groups is 1. The number of esters is 1. The lowest BCUT2D eigenvalue weighted by molar-refractivity contribution is -0.385. The molecule has 32 heteroatoms. The molecule has 1 saturated carbocycles. The number of methoxy groups -OCH3 is 2. The molecule has 4 N–H and O–H groups in total. The first-order chi connectivity index (χ1) is 43.0. The molecule has 0 radical (unpaired) electrons. The van der Waals surface area contributed by atoms with Gasteiger partial charge in [0.2, 0.25) is 5.91 Å². The Kier molecular flexibility index (Phi) is 29.4. The Morgan fingerprint density at radius 3 is 2.17 bits per heavy atom. The van der Waals surface area contributed by atoms with Crippen LogP contribution in [0.2, 0.25) is 10.0 Å². The number of hydrogen-bond acceptors (Lipinski definition) is 17. The van der Waals surface area contributed by atoms with E-state index >= 15 is 0 Å². The number of hydrogen-bond donors (Lipinski definition) is 3. The molecule has 2 aliphatic rings. The van der Waals surface area contributed by atoms with Gasteiger partial charge in [0.05, 0.1) is 69.3 Å². The number of ether oxygens (including phenoxy) is 4. The number of carbonyl (C=O) groups is 5. The summed E-state index contributed by atoms with van der Waals surface area (Å²) in [6.07, 6.45) is -0.266. The second-order valence-electron chi connectivity index (χ2n) is 20.6. The van der Waals surface area contributed by atoms with E-state index in [-0.39, 0.29) is 81.4 Å². The van der Waals surface area contributed by atoms with Gasteiger partial charge >= 0.3 is 18.1 Å². The topological polar surface area (TPSA) is 316 Å². The van der Waals surface area contributed by atoms with Crippen LogP contribution < -0.4 is 25.0 Å². The molecule has 8 rings (SSSR count). The number of para-hydroxylation sites is 3. The Hall–Kier alpha value is -6.84. The first-order valence-corrected chi connectivity index (χ1v) is 33.8. The number of rotatable bonds is 19. The van der Waals surface area contributed by atoms with Crippen molar-refractivity contribution in [3.05, 3.63) is 163 Å². The number of halogens is 8. The van der Waals surface area contributed by atoms with Gasteiger partial charge in [-0.1, -0.05) is 88.8 Å². The highest BCUT2D eigenvalue weighted by Gasteiger charge is 2.37. The summed E-state index contributed by atoms with van der Waals surface area (Å²) >= 11 is 28.8. The minimum atomic E-state index is -4.71. The number of sulfone groups is 1. The van der Waals surface area contributed by atoms with Gasteiger partial charge in [0.1, 0.15) is 41.3 Å². The van der Waals surface area contributed by atoms with Crippen LogP contribution in [0.25, 0.3) is 0 Å². The Morgan fingerprint density at radius 1 is 0.967 bits per heavy atom. The summed E-state index contributed by atoms with van der Waals surface area (Å²) < 4.78 is 98.7. The smallest absolute Gasteiger partial charge is 0.416 e. The van der Waals surface area contributed by atoms with Crippen LogP contribution in [-0.4, -0.2) is 133 Å². The molecule has 4 unspecified atom stereocenters. The number of carbonyl (C=O) groups excluding carboxylic acids is 4. The summed E-state index contributed by atoms with van der Waals surface area (Å²) in [7, 11) is -4.37. The molecule has 1 aliphatic heterocycles. The van der Waals surface area contributed by atoms with Gasteiger partial charge in [-0.15, -0.1) is 11.6 Å². The number of amides is 2. The van der Waals surface area contributed by atoms with Gasteiger partial charge in [-0.05, 0) is 112 Å². The van der Waals surface area contributed by atoms with E-state index in [1.807, 2.05) is 57.2 Å². The minimum absolute atomic E-state index is 0.0223. The van der Waals surface area contributed by atoms with Crippen LogP contribution in [-0.2, 0) is 50.9 Å². The summed E-state index contributed by atoms with van der Waals surface area (Å²) in [5, 5.41) is 23.5. The van der Waals surface area contributed by atoms with E-state index in [0.717, 1.165) is 67.3 Å². The summed E-state index contributed by atoms with van der Waals surface area (Å²) in [4.78, 5) is 79.1. The van der Waals surface area contributed by atoms with Crippen molar-refractivity contribution in [2.24, 2.45) is 5.73 Å². The lowest BCUT2D eigenvalue weighted by Gasteiger charge is -2.35. The molecule has 5 aromatic carbocycles. The number of alkyl halides is 6. The molecular weight excluding hydrogens is 1360 g/mol. The average Bonchev–Trinajstić information content (AvgIpc) is 1.47. The normalized spacial score (nSPS) is 14.6. The van der Waals surface area contributed by atoms with E-state index in [4.69, 9.17) is 92.5 Å². The zero-order valence-electron chi connectivity index (χ0n) is 50.6. The molecule has 0 bridgehead atoms. The zero-order valence-corrected chi connectivity index (χ0v) is 56.1. The molecule has 1 aromatic heterocycles. The number of carboxylic acid groups (broad SMARTS) is 1. The number of aromatic nitrogens is 1. The lowest BCUT2D eigenvalue weighted by Crippen LogP contribution is -2.47. The van der Waals surface area contributed by atoms with Gasteiger partial charge in [-0.2, -0.15) is 13.2 Å². The van der Waals surface area contributed by atoms with Crippen molar-refractivity contribution < 1.29 is 88.5 Å². The van der Waals surface area contributed by atoms with Gasteiger partial charge in [0.15, 0.2) is 33.6 Å². The summed E-state index contributed by atoms with van der Waals surface area (Å²) in [5.74, 6) is -1.53. The van der Waals surface area contributed by atoms with E-state index in [1.165, 1.54) is 31.1 Å². The van der Waals surface area contributed by atoms with E-state index in [2.05, 4.69) is 22.9 Å². The number of aliphatic carboxylic acids is 1. The molecule has 22 nitrogen and oxygen atoms in total. The van der Waals surface area contributed by atoms with Gasteiger partial charge in [0.25, 0.3) is 11.6 Å². The molecule has 1 fully saturated rings. The van der Waals surface area contributed by atoms with E-state index in [9.17, 15) is 60.2 Å². The highest BCUT2D eigenvalue weighted by molar-refractivity contribution is 7.90. The molecular formula is C60H66Cl5F3N5O17PS. The number of aryl methyl sites for hydroxylation is 2. The Labute approximate surface area is 553 Å². The number of nitrogens with zero attached hydrogens (tertiary/aromatic N) is 4. The third kappa shape index (κ3) is 22.4. The molecule has 2 amide bonds. The number of fused-ring (bicyclic) bond motifs is 1. The van der Waals surface area contributed by atoms with Crippen LogP contribution >= 0.6 is 65.4 Å². The fraction of sp³-hybridized carbons (Fsp3) is 0.367. The molecule has 1 aliphatic carbocycles. The molecule has 6 aromatic rings. The maximum Gasteiger partial charge on any atom is 0.416 e. The van der Waals surface area contributed by atoms with Gasteiger partial charge in [-0.25, -0.2) is 13.2 Å². The number of nitro benzene ring substituents is 1. The maximum absolute atomic E-state index is 12.8. The molecule has 4 atom stereocenters. The van der Waals surface area contributed by atoms with Crippen LogP contribution in [0.3, 0.4) is 0 Å². The second kappa shape index (κ2) is 34.9. The van der Waals surface area contributed by atoms with Crippen molar-refractivity contribution in [2.45, 2.75) is 93.3 Å². The quantitative estimate of drug-likeness (QED) is 0.0169. The van der Waals surface area contributed by atoms with E-state index in [0.29, 0.717) is 47.6 Å². The SMILES string of the molecule is CC1COc2ccccc2N1C(=O)C(Cl)Cl.CCc1cccc(C)c1N(C(=O)CCl)C(C)COC.COC(=O)c1cc(Oc2ccc(Cl)cc2Cl)ccc1[N+](=O)[O-].CP(=O)(O)CCC(N)C(=O)O.CS(=O)(=O)c1cc(C(F)(F)F)ccc1C(=O)c1cnoc1C1CC1. The fourth-order valence-corrected chi connectivity index (χ4v) is 11.1. The van der Waals surface area contributed by atoms with E-state index in [1.54, 1.807) is 29.0 Å². The van der Waals surface area contributed by atoms with E-state index < -0.39 is 67.4 Å². The van der Waals surface area contributed by atoms with Gasteiger partial charge in [0, 0.05) is 54.8 Å². The molecule has 2 heterocycles. The number of nitrogens with two attached hydrogens (primary N) is 1. The number of anilines is 2. The highest BCUT2D eigenvalue weighted by Crippen LogP contribution is 2.43. The Bertz CT molecular complexity index is 3760. The van der Waals surface area contributed by atoms with Crippen molar-refractivity contribution >= 4 is 122 Å². The zero-order chi connectivity index (χ0) is 69.2. The monoisotopic (exact) mass is 1420 g/mol. The van der Waals surface area contributed by atoms with Crippen LogP contribution in [0, 0.1) is 17.0 Å². The highest BCUT2D eigenvalue weighted by atomic mass is 35.5. The van der Waals surface area contributed by atoms with Gasteiger partial charge < -0.3 is 49.0 Å². The third-order valence-corrected chi connectivity index (χ3v) is 16.6. The van der Waals surface area contributed by atoms with Crippen LogP contribution in [0.15, 0.2) is 113 Å². The summed E-state index contributed by atoms with van der Waals surface area (Å²) in [6, 6.07) is 22.7. The van der Waals surface area contributed by atoms with Crippen molar-refractivity contribution in [1.29, 1.82) is 0 Å². The van der Waals surface area contributed by atoms with Crippen molar-refractivity contribution in [2.75, 3.05) is 62.2 Å². The largest absolute Gasteiger partial charge is 0.489 e. The number of benzene rings is 5. The second-order valence-corrected chi connectivity index (χ2v) is 27.3. The van der Waals surface area contributed by atoms with Gasteiger partial charge in [-0.3, -0.25) is 33.9 Å². The Morgan fingerprint density at radius 2 is 1.63 bits per heavy atom. The Balaban J connectivity index is 0.000000250. The summed E-state index contributed by atoms with van der Waals surface area (Å²) in [5.41, 5.74) is 7.07. The van der Waals surface area contributed by atoms with Crippen molar-refractivity contribution in [1.82, 2.24) is 5.16 Å². The first kappa shape index (κ1) is 77.6. The number of carboxylic acids is 1. The molecule has 0 saturated heterocycles. The standard InChI is InChI=1S/C15H22ClNO2.C15H12F3NO4S.C14H9Cl2NO5.C11H11Cl2NO2.C5H12NO4P/c1-5-13-8-6-7-11(2)15(13)17(14(18)9-16)12(3)10-19-4;1-24(21,22)12-6-9(15(16,17)18)4-5-10(12)13(20)11-7-19-23-14(11)8-2-3-8;1-21-14(18)10-7-9(3-4-12(10)17(19)20)22-13-5-2-8(15)6-11(13)16;1-7-6-16-9-5-3-2-4-8(9)14(7)11(15)10(12)13;1-11(9,10)3-2-4(6)5(7)8/h6-8,12H,5,9-10H2,1-4H3;4-8H,2-3H2,1H3;2-7H,1H3;2-5,7,10H,6H2,1H3;4H,2-3,6H2,1H3,(H,7,8)(H,9,10).